The molecule has 0 aromatic heterocycles. The lowest BCUT2D eigenvalue weighted by molar-refractivity contribution is -0.0291. The summed E-state index contributed by atoms with van der Waals surface area (Å²) in [4.78, 5) is 2.00. The highest BCUT2D eigenvalue weighted by atomic mass is 32.1. The predicted molar refractivity (Wildman–Crippen MR) is 92.2 cm³/mol. The van der Waals surface area contributed by atoms with Crippen LogP contribution in [0.25, 0.3) is 0 Å². The van der Waals surface area contributed by atoms with E-state index in [1.807, 2.05) is 35.2 Å². The molecule has 0 aliphatic carbocycles. The maximum atomic E-state index is 10.3. The summed E-state index contributed by atoms with van der Waals surface area (Å²) in [7, 11) is 0. The summed E-state index contributed by atoms with van der Waals surface area (Å²) in [6.45, 7) is 1.18. The van der Waals surface area contributed by atoms with Crippen LogP contribution in [0.15, 0.2) is 30.3 Å². The highest BCUT2D eigenvalue weighted by Gasteiger charge is 2.51. The number of aliphatic hydroxyl groups excluding tert-OH is 3. The second-order valence-corrected chi connectivity index (χ2v) is 6.60. The third kappa shape index (κ3) is 3.49. The molecule has 2 saturated heterocycles. The van der Waals surface area contributed by atoms with Crippen molar-refractivity contribution in [3.63, 3.8) is 0 Å². The molecule has 1 aromatic carbocycles. The van der Waals surface area contributed by atoms with Crippen molar-refractivity contribution in [3.8, 4) is 0 Å². The fourth-order valence-electron chi connectivity index (χ4n) is 3.59. The zero-order valence-corrected chi connectivity index (χ0v) is 13.6. The van der Waals surface area contributed by atoms with Crippen molar-refractivity contribution in [2.75, 3.05) is 18.4 Å². The maximum Gasteiger partial charge on any atom is 0.170 e. The van der Waals surface area contributed by atoms with Crippen molar-refractivity contribution in [1.29, 1.82) is 0 Å². The number of hydrogen-bond donors (Lipinski definition) is 5. The molecule has 2 aliphatic rings. The molecule has 0 radical (unpaired) electrons. The van der Waals surface area contributed by atoms with E-state index in [0.717, 1.165) is 18.7 Å². The first-order valence-corrected chi connectivity index (χ1v) is 8.38. The summed E-state index contributed by atoms with van der Waals surface area (Å²) in [6.07, 6.45) is -0.875. The number of benzene rings is 1. The van der Waals surface area contributed by atoms with E-state index in [9.17, 15) is 15.3 Å². The van der Waals surface area contributed by atoms with E-state index in [0.29, 0.717) is 18.1 Å². The second kappa shape index (κ2) is 7.11. The van der Waals surface area contributed by atoms with Gasteiger partial charge in [0.25, 0.3) is 0 Å². The third-order valence-corrected chi connectivity index (χ3v) is 4.96. The van der Waals surface area contributed by atoms with Crippen LogP contribution in [0, 0.1) is 0 Å². The predicted octanol–water partition coefficient (Wildman–Crippen LogP) is -0.0977. The molecule has 23 heavy (non-hydrogen) atoms. The summed E-state index contributed by atoms with van der Waals surface area (Å²) in [5.74, 6) is 0. The number of nitrogens with one attached hydrogen (secondary N) is 2. The minimum atomic E-state index is -0.923. The number of para-hydroxylation sites is 1. The molecule has 0 bridgehead atoms. The van der Waals surface area contributed by atoms with Crippen LogP contribution in [-0.4, -0.2) is 68.8 Å². The topological polar surface area (TPSA) is 88.0 Å². The Morgan fingerprint density at radius 2 is 1.91 bits per heavy atom. The van der Waals surface area contributed by atoms with Gasteiger partial charge < -0.3 is 26.0 Å². The average molecular weight is 337 g/mol. The molecule has 2 fully saturated rings. The molecule has 126 valence electrons. The lowest BCUT2D eigenvalue weighted by atomic mass is 9.97. The molecule has 0 saturated carbocycles. The van der Waals surface area contributed by atoms with Gasteiger partial charge in [-0.2, -0.15) is 0 Å². The van der Waals surface area contributed by atoms with E-state index in [-0.39, 0.29) is 12.1 Å². The van der Waals surface area contributed by atoms with Crippen LogP contribution in [0.4, 0.5) is 5.69 Å². The molecule has 6 nitrogen and oxygen atoms in total. The Morgan fingerprint density at radius 3 is 2.65 bits per heavy atom. The Balaban J connectivity index is 1.58. The monoisotopic (exact) mass is 337 g/mol. The highest BCUT2D eigenvalue weighted by molar-refractivity contribution is 7.80. The Hall–Kier alpha value is -1.25. The number of nitrogens with zero attached hydrogens (tertiary/aromatic N) is 1. The summed E-state index contributed by atoms with van der Waals surface area (Å²) < 4.78 is 0. The Bertz CT molecular complexity index is 545. The van der Waals surface area contributed by atoms with Gasteiger partial charge in [0.05, 0.1) is 30.4 Å². The van der Waals surface area contributed by atoms with Crippen molar-refractivity contribution >= 4 is 23.0 Å². The van der Waals surface area contributed by atoms with Crippen molar-refractivity contribution in [2.24, 2.45) is 0 Å². The van der Waals surface area contributed by atoms with Crippen molar-refractivity contribution in [3.05, 3.63) is 30.3 Å². The fourth-order valence-corrected chi connectivity index (χ4v) is 3.79. The molecule has 2 heterocycles. The summed E-state index contributed by atoms with van der Waals surface area (Å²) in [6, 6.07) is 8.95. The van der Waals surface area contributed by atoms with E-state index in [1.165, 1.54) is 0 Å². The number of thiocarbonyl (C=S) groups is 1. The smallest absolute Gasteiger partial charge is 0.170 e. The number of fused-ring (bicyclic) bond motifs is 1. The summed E-state index contributed by atoms with van der Waals surface area (Å²) in [5.41, 5.74) is 0.892. The van der Waals surface area contributed by atoms with Gasteiger partial charge in [0, 0.05) is 12.2 Å². The van der Waals surface area contributed by atoms with Crippen LogP contribution < -0.4 is 10.6 Å². The molecule has 2 aliphatic heterocycles. The summed E-state index contributed by atoms with van der Waals surface area (Å²) in [5, 5.41) is 37.2. The maximum absolute atomic E-state index is 10.3. The molecular weight excluding hydrogens is 314 g/mol. The second-order valence-electron chi connectivity index (χ2n) is 6.19. The van der Waals surface area contributed by atoms with E-state index in [1.54, 1.807) is 0 Å². The summed E-state index contributed by atoms with van der Waals surface area (Å²) >= 11 is 5.27. The van der Waals surface area contributed by atoms with E-state index in [2.05, 4.69) is 10.6 Å². The number of rotatable bonds is 3. The van der Waals surface area contributed by atoms with E-state index >= 15 is 0 Å². The van der Waals surface area contributed by atoms with E-state index < -0.39 is 18.3 Å². The van der Waals surface area contributed by atoms with Crippen molar-refractivity contribution in [1.82, 2.24) is 10.2 Å². The van der Waals surface area contributed by atoms with Gasteiger partial charge in [0.1, 0.15) is 0 Å². The first-order valence-electron chi connectivity index (χ1n) is 7.98. The van der Waals surface area contributed by atoms with Crippen LogP contribution in [0.3, 0.4) is 0 Å². The molecule has 0 amide bonds. The molecule has 1 aromatic rings. The van der Waals surface area contributed by atoms with Gasteiger partial charge in [-0.3, -0.25) is 4.90 Å². The van der Waals surface area contributed by atoms with Crippen LogP contribution in [-0.2, 0) is 0 Å². The average Bonchev–Trinajstić information content (AvgIpc) is 2.79. The molecular formula is C16H23N3O3S. The van der Waals surface area contributed by atoms with Gasteiger partial charge in [0.15, 0.2) is 5.11 Å². The Labute approximate surface area is 141 Å². The van der Waals surface area contributed by atoms with Gasteiger partial charge in [-0.1, -0.05) is 18.2 Å². The third-order valence-electron chi connectivity index (χ3n) is 4.72. The zero-order valence-electron chi connectivity index (χ0n) is 12.8. The van der Waals surface area contributed by atoms with Gasteiger partial charge in [-0.25, -0.2) is 0 Å². The van der Waals surface area contributed by atoms with Gasteiger partial charge in [0.2, 0.25) is 0 Å². The standard InChI is InChI=1S/C16H23N3O3S/c20-12-7-4-8-19-11(14(21)15(22)13(12)19)9-17-16(23)18-10-5-2-1-3-6-10/h1-3,5-6,11-15,20-22H,4,7-9H2,(H2,17,18,23)/t11-,12-,13-,14-,15+/m1/s1. The number of aliphatic hydroxyl groups is 3. The van der Waals surface area contributed by atoms with Gasteiger partial charge >= 0.3 is 0 Å². The molecule has 5 atom stereocenters. The molecule has 5 N–H and O–H groups in total. The van der Waals surface area contributed by atoms with Gasteiger partial charge in [-0.05, 0) is 43.7 Å². The Morgan fingerprint density at radius 1 is 1.17 bits per heavy atom. The van der Waals surface area contributed by atoms with Crippen LogP contribution in [0.1, 0.15) is 12.8 Å². The minimum absolute atomic E-state index is 0.263. The number of anilines is 1. The lowest BCUT2D eigenvalue weighted by Gasteiger charge is -2.37. The Kier molecular flexibility index (Phi) is 5.13. The fraction of sp³-hybridized carbons (Fsp3) is 0.562. The molecule has 0 unspecified atom stereocenters. The largest absolute Gasteiger partial charge is 0.391 e. The first-order chi connectivity index (χ1) is 11.1. The molecule has 7 heteroatoms. The van der Waals surface area contributed by atoms with Crippen LogP contribution >= 0.6 is 12.2 Å². The highest BCUT2D eigenvalue weighted by Crippen LogP contribution is 2.32. The molecule has 3 rings (SSSR count). The van der Waals surface area contributed by atoms with Gasteiger partial charge in [-0.15, -0.1) is 0 Å². The van der Waals surface area contributed by atoms with Crippen molar-refractivity contribution in [2.45, 2.75) is 43.2 Å². The van der Waals surface area contributed by atoms with Crippen molar-refractivity contribution < 1.29 is 15.3 Å². The van der Waals surface area contributed by atoms with Crippen LogP contribution in [0.2, 0.25) is 0 Å². The SMILES string of the molecule is O[C@@H]1[C@H](O)[C@@H](CNC(=S)Nc2ccccc2)N2CCC[C@@H](O)[C@H]12. The number of piperidine rings is 1. The zero-order chi connectivity index (χ0) is 16.4. The van der Waals surface area contributed by atoms with E-state index in [4.69, 9.17) is 12.2 Å². The first kappa shape index (κ1) is 16.6. The normalized spacial score (nSPS) is 34.0. The minimum Gasteiger partial charge on any atom is -0.391 e. The van der Waals surface area contributed by atoms with Crippen LogP contribution in [0.5, 0.6) is 0 Å². The number of hydrogen-bond acceptors (Lipinski definition) is 5. The lowest BCUT2D eigenvalue weighted by Crippen LogP contribution is -2.52. The molecule has 0 spiro atoms. The quantitative estimate of drug-likeness (QED) is 0.493.